The van der Waals surface area contributed by atoms with Crippen molar-refractivity contribution >= 4 is 22.9 Å². The Morgan fingerprint density at radius 1 is 1.23 bits per heavy atom. The Labute approximate surface area is 172 Å². The van der Waals surface area contributed by atoms with Crippen LogP contribution in [0.4, 0.5) is 23.5 Å². The van der Waals surface area contributed by atoms with Crippen molar-refractivity contribution in [3.8, 4) is 0 Å². The van der Waals surface area contributed by atoms with E-state index in [1.807, 2.05) is 6.92 Å². The van der Waals surface area contributed by atoms with Gasteiger partial charge in [0.25, 0.3) is 0 Å². The van der Waals surface area contributed by atoms with Crippen molar-refractivity contribution in [3.63, 3.8) is 0 Å². The summed E-state index contributed by atoms with van der Waals surface area (Å²) in [5, 5.41) is 12.8. The standard InChI is InChI=1S/C21H27F4N3O2/c1-18(2,21(23,24)25)11-15(29)26-17-27-16-13(22)9-12(19(3,4)30)10-14(16)28(17)20(5)7-6-8-20/h9-10,30H,6-8,11H2,1-5H3,(H,26,27,29). The van der Waals surface area contributed by atoms with Gasteiger partial charge in [0.1, 0.15) is 5.52 Å². The van der Waals surface area contributed by atoms with Crippen LogP contribution < -0.4 is 5.32 Å². The molecule has 166 valence electrons. The number of carbonyl (C=O) groups excluding carboxylic acids is 1. The Morgan fingerprint density at radius 2 is 1.83 bits per heavy atom. The monoisotopic (exact) mass is 429 g/mol. The molecule has 0 atom stereocenters. The second-order valence-corrected chi connectivity index (χ2v) is 9.61. The Morgan fingerprint density at radius 3 is 2.30 bits per heavy atom. The molecule has 1 fully saturated rings. The lowest BCUT2D eigenvalue weighted by Crippen LogP contribution is -2.39. The second-order valence-electron chi connectivity index (χ2n) is 9.61. The van der Waals surface area contributed by atoms with E-state index in [-0.39, 0.29) is 11.5 Å². The average molecular weight is 429 g/mol. The van der Waals surface area contributed by atoms with Gasteiger partial charge in [0.05, 0.1) is 16.5 Å². The summed E-state index contributed by atoms with van der Waals surface area (Å²) in [4.78, 5) is 16.7. The number of benzene rings is 1. The van der Waals surface area contributed by atoms with E-state index < -0.39 is 40.9 Å². The average Bonchev–Trinajstić information content (AvgIpc) is 2.89. The van der Waals surface area contributed by atoms with Gasteiger partial charge in [-0.3, -0.25) is 10.1 Å². The van der Waals surface area contributed by atoms with Gasteiger partial charge in [-0.2, -0.15) is 13.2 Å². The van der Waals surface area contributed by atoms with E-state index >= 15 is 0 Å². The molecular formula is C21H27F4N3O2. The van der Waals surface area contributed by atoms with Crippen LogP contribution >= 0.6 is 0 Å². The van der Waals surface area contributed by atoms with Crippen LogP contribution in [-0.4, -0.2) is 26.7 Å². The van der Waals surface area contributed by atoms with Gasteiger partial charge in [0.15, 0.2) is 5.82 Å². The van der Waals surface area contributed by atoms with E-state index in [1.54, 1.807) is 10.6 Å². The number of fused-ring (bicyclic) bond motifs is 1. The molecule has 1 aliphatic rings. The zero-order chi connectivity index (χ0) is 22.7. The molecule has 1 heterocycles. The number of anilines is 1. The van der Waals surface area contributed by atoms with Crippen molar-refractivity contribution in [2.45, 2.75) is 77.6 Å². The fourth-order valence-corrected chi connectivity index (χ4v) is 3.70. The fourth-order valence-electron chi connectivity index (χ4n) is 3.70. The minimum atomic E-state index is -4.54. The zero-order valence-corrected chi connectivity index (χ0v) is 17.7. The molecule has 1 amide bonds. The van der Waals surface area contributed by atoms with Gasteiger partial charge < -0.3 is 9.67 Å². The van der Waals surface area contributed by atoms with Crippen LogP contribution in [0.25, 0.3) is 11.0 Å². The number of carbonyl (C=O) groups is 1. The maximum absolute atomic E-state index is 14.8. The molecule has 3 rings (SSSR count). The molecule has 0 aliphatic heterocycles. The number of rotatable bonds is 5. The fraction of sp³-hybridized carbons (Fsp3) is 0.619. The summed E-state index contributed by atoms with van der Waals surface area (Å²) in [7, 11) is 0. The van der Waals surface area contributed by atoms with Gasteiger partial charge in [0, 0.05) is 12.0 Å². The first-order chi connectivity index (χ1) is 13.6. The van der Waals surface area contributed by atoms with Gasteiger partial charge >= 0.3 is 6.18 Å². The molecule has 1 aromatic carbocycles. The SMILES string of the molecule is CC(C)(O)c1cc(F)c2nc(NC(=O)CC(C)(C)C(F)(F)F)n(C3(C)CCC3)c2c1. The first kappa shape index (κ1) is 22.5. The van der Waals surface area contributed by atoms with E-state index in [0.717, 1.165) is 33.1 Å². The third-order valence-electron chi connectivity index (χ3n) is 6.01. The van der Waals surface area contributed by atoms with E-state index in [1.165, 1.54) is 19.9 Å². The topological polar surface area (TPSA) is 67.2 Å². The van der Waals surface area contributed by atoms with E-state index in [0.29, 0.717) is 11.1 Å². The van der Waals surface area contributed by atoms with E-state index in [9.17, 15) is 27.5 Å². The summed E-state index contributed by atoms with van der Waals surface area (Å²) in [6, 6.07) is 2.80. The number of hydrogen-bond donors (Lipinski definition) is 2. The third-order valence-corrected chi connectivity index (χ3v) is 6.01. The number of hydrogen-bond acceptors (Lipinski definition) is 3. The number of amides is 1. The van der Waals surface area contributed by atoms with E-state index in [2.05, 4.69) is 10.3 Å². The molecule has 9 heteroatoms. The molecule has 0 bridgehead atoms. The van der Waals surface area contributed by atoms with Crippen molar-refractivity contribution in [1.82, 2.24) is 9.55 Å². The van der Waals surface area contributed by atoms with Crippen molar-refractivity contribution in [3.05, 3.63) is 23.5 Å². The van der Waals surface area contributed by atoms with E-state index in [4.69, 9.17) is 0 Å². The smallest absolute Gasteiger partial charge is 0.386 e. The molecule has 0 unspecified atom stereocenters. The zero-order valence-electron chi connectivity index (χ0n) is 17.7. The highest BCUT2D eigenvalue weighted by molar-refractivity contribution is 5.92. The molecule has 1 aromatic heterocycles. The summed E-state index contributed by atoms with van der Waals surface area (Å²) < 4.78 is 56.0. The number of aromatic nitrogens is 2. The Kier molecular flexibility index (Phi) is 5.21. The van der Waals surface area contributed by atoms with Gasteiger partial charge in [-0.1, -0.05) is 13.8 Å². The number of nitrogens with one attached hydrogen (secondary N) is 1. The van der Waals surface area contributed by atoms with Crippen molar-refractivity contribution < 1.29 is 27.5 Å². The summed E-state index contributed by atoms with van der Waals surface area (Å²) >= 11 is 0. The molecule has 2 N–H and O–H groups in total. The van der Waals surface area contributed by atoms with Crippen LogP contribution in [0, 0.1) is 11.2 Å². The Bertz CT molecular complexity index is 983. The van der Waals surface area contributed by atoms with Crippen molar-refractivity contribution in [2.24, 2.45) is 5.41 Å². The van der Waals surface area contributed by atoms with Gasteiger partial charge in [-0.05, 0) is 57.7 Å². The maximum Gasteiger partial charge on any atom is 0.394 e. The Hall–Kier alpha value is -2.16. The minimum Gasteiger partial charge on any atom is -0.386 e. The van der Waals surface area contributed by atoms with Crippen LogP contribution in [0.1, 0.15) is 65.9 Å². The highest BCUT2D eigenvalue weighted by Crippen LogP contribution is 2.44. The first-order valence-corrected chi connectivity index (χ1v) is 9.87. The highest BCUT2D eigenvalue weighted by atomic mass is 19.4. The van der Waals surface area contributed by atoms with Crippen LogP contribution in [0.2, 0.25) is 0 Å². The summed E-state index contributed by atoms with van der Waals surface area (Å²) in [5.41, 5.74) is -3.24. The lowest BCUT2D eigenvalue weighted by molar-refractivity contribution is -0.213. The number of nitrogens with zero attached hydrogens (tertiary/aromatic N) is 2. The quantitative estimate of drug-likeness (QED) is 0.641. The molecule has 30 heavy (non-hydrogen) atoms. The van der Waals surface area contributed by atoms with Gasteiger partial charge in [-0.25, -0.2) is 9.37 Å². The lowest BCUT2D eigenvalue weighted by Gasteiger charge is -2.41. The number of aliphatic hydroxyl groups is 1. The molecule has 2 aromatic rings. The number of halogens is 4. The highest BCUT2D eigenvalue weighted by Gasteiger charge is 2.48. The molecule has 0 spiro atoms. The summed E-state index contributed by atoms with van der Waals surface area (Å²) in [6.45, 7) is 6.90. The molecule has 5 nitrogen and oxygen atoms in total. The number of alkyl halides is 3. The van der Waals surface area contributed by atoms with Crippen molar-refractivity contribution in [2.75, 3.05) is 5.32 Å². The summed E-state index contributed by atoms with van der Waals surface area (Å²) in [5.74, 6) is -1.50. The maximum atomic E-state index is 14.8. The lowest BCUT2D eigenvalue weighted by atomic mass is 9.78. The minimum absolute atomic E-state index is 0.00139. The molecule has 1 saturated carbocycles. The first-order valence-electron chi connectivity index (χ1n) is 9.87. The van der Waals surface area contributed by atoms with Gasteiger partial charge in [0.2, 0.25) is 11.9 Å². The van der Waals surface area contributed by atoms with Crippen LogP contribution in [-0.2, 0) is 15.9 Å². The molecular weight excluding hydrogens is 402 g/mol. The van der Waals surface area contributed by atoms with Crippen LogP contribution in [0.15, 0.2) is 12.1 Å². The number of imidazole rings is 1. The summed E-state index contributed by atoms with van der Waals surface area (Å²) in [6.07, 6.45) is -2.89. The van der Waals surface area contributed by atoms with Gasteiger partial charge in [-0.15, -0.1) is 0 Å². The Balaban J connectivity index is 2.07. The largest absolute Gasteiger partial charge is 0.394 e. The predicted octanol–water partition coefficient (Wildman–Crippen LogP) is 5.22. The van der Waals surface area contributed by atoms with Crippen LogP contribution in [0.5, 0.6) is 0 Å². The molecule has 0 saturated heterocycles. The normalized spacial score (nSPS) is 17.1. The second kappa shape index (κ2) is 6.93. The third kappa shape index (κ3) is 3.91. The predicted molar refractivity (Wildman–Crippen MR) is 106 cm³/mol. The molecule has 1 aliphatic carbocycles. The molecule has 0 radical (unpaired) electrons. The van der Waals surface area contributed by atoms with Crippen LogP contribution in [0.3, 0.4) is 0 Å². The van der Waals surface area contributed by atoms with Crippen molar-refractivity contribution in [1.29, 1.82) is 0 Å².